The van der Waals surface area contributed by atoms with Crippen molar-refractivity contribution < 1.29 is 28.3 Å². The second-order valence-corrected chi connectivity index (χ2v) is 8.83. The number of nitrogens with zero attached hydrogens (tertiary/aromatic N) is 5. The van der Waals surface area contributed by atoms with Gasteiger partial charge in [-0.05, 0) is 18.0 Å². The molecule has 2 aromatic heterocycles. The van der Waals surface area contributed by atoms with Gasteiger partial charge in [-0.2, -0.15) is 4.37 Å². The van der Waals surface area contributed by atoms with Crippen molar-refractivity contribution in [2.45, 2.75) is 35.9 Å². The van der Waals surface area contributed by atoms with Gasteiger partial charge in [-0.15, -0.1) is 4.91 Å². The first kappa shape index (κ1) is 22.7. The largest absolute Gasteiger partial charge is 0.477 e. The summed E-state index contributed by atoms with van der Waals surface area (Å²) in [6.45, 7) is 0. The van der Waals surface area contributed by atoms with E-state index in [9.17, 15) is 33.2 Å². The zero-order valence-corrected chi connectivity index (χ0v) is 17.9. The molecule has 33 heavy (non-hydrogen) atoms. The quantitative estimate of drug-likeness (QED) is 0.371. The van der Waals surface area contributed by atoms with Crippen molar-refractivity contribution in [3.63, 3.8) is 0 Å². The Morgan fingerprint density at radius 1 is 1.39 bits per heavy atom. The molecule has 1 fully saturated rings. The van der Waals surface area contributed by atoms with Gasteiger partial charge in [-0.1, -0.05) is 11.8 Å². The summed E-state index contributed by atoms with van der Waals surface area (Å²) in [5, 5.41) is 14.8. The normalized spacial score (nSPS) is 20.7. The highest BCUT2D eigenvalue weighted by molar-refractivity contribution is 8.03. The number of pyridine rings is 1. The Labute approximate surface area is 191 Å². The third-order valence-electron chi connectivity index (χ3n) is 4.99. The third-order valence-corrected chi connectivity index (χ3v) is 6.69. The van der Waals surface area contributed by atoms with E-state index < -0.39 is 53.2 Å². The average molecular weight is 497 g/mol. The Kier molecular flexibility index (Phi) is 6.03. The van der Waals surface area contributed by atoms with Crippen molar-refractivity contribution in [3.8, 4) is 0 Å². The first-order chi connectivity index (χ1) is 15.7. The molecule has 2 aromatic rings. The summed E-state index contributed by atoms with van der Waals surface area (Å²) in [5.74, 6) is -5.71. The molecule has 172 valence electrons. The predicted octanol–water partition coefficient (Wildman–Crippen LogP) is 1.18. The van der Waals surface area contributed by atoms with Crippen molar-refractivity contribution in [1.29, 1.82) is 0 Å². The minimum Gasteiger partial charge on any atom is -0.477 e. The van der Waals surface area contributed by atoms with Crippen molar-refractivity contribution in [3.05, 3.63) is 45.4 Å². The number of carbonyl (C=O) groups is 3. The maximum Gasteiger partial charge on any atom is 0.353 e. The fourth-order valence-electron chi connectivity index (χ4n) is 3.54. The summed E-state index contributed by atoms with van der Waals surface area (Å²) in [6, 6.07) is -3.45. The van der Waals surface area contributed by atoms with Gasteiger partial charge in [0.05, 0.1) is 17.1 Å². The first-order valence-corrected chi connectivity index (χ1v) is 10.8. The van der Waals surface area contributed by atoms with Crippen molar-refractivity contribution in [2.75, 3.05) is 5.73 Å². The van der Waals surface area contributed by atoms with Gasteiger partial charge in [0.2, 0.25) is 6.04 Å². The number of halogens is 2. The summed E-state index contributed by atoms with van der Waals surface area (Å²) in [5.41, 5.74) is 5.05. The summed E-state index contributed by atoms with van der Waals surface area (Å²) in [7, 11) is 0. The number of nitrogens with one attached hydrogen (secondary N) is 1. The molecule has 3 atom stereocenters. The number of thioether (sulfide) groups is 1. The molecule has 0 aliphatic carbocycles. The number of carboxylic acids is 1. The molecule has 0 bridgehead atoms. The number of aliphatic carboxylic acids is 1. The van der Waals surface area contributed by atoms with E-state index in [0.717, 1.165) is 22.6 Å². The number of hydrogen-bond acceptors (Lipinski definition) is 11. The number of nitrogens with two attached hydrogens (primary N) is 1. The molecule has 16 heteroatoms. The highest BCUT2D eigenvalue weighted by Gasteiger charge is 2.54. The van der Waals surface area contributed by atoms with Gasteiger partial charge in [-0.25, -0.2) is 18.6 Å². The van der Waals surface area contributed by atoms with Crippen LogP contribution >= 0.6 is 23.3 Å². The number of fused-ring (bicyclic) bond motifs is 1. The van der Waals surface area contributed by atoms with E-state index in [2.05, 4.69) is 24.8 Å². The number of allylic oxidation sites excluding steroid dienone is 1. The van der Waals surface area contributed by atoms with E-state index >= 15 is 0 Å². The van der Waals surface area contributed by atoms with Crippen molar-refractivity contribution in [1.82, 2.24) is 24.6 Å². The van der Waals surface area contributed by atoms with E-state index in [1.54, 1.807) is 0 Å². The van der Waals surface area contributed by atoms with Gasteiger partial charge < -0.3 is 16.2 Å². The van der Waals surface area contributed by atoms with Gasteiger partial charge >= 0.3 is 5.97 Å². The number of aromatic nitrogens is 3. The van der Waals surface area contributed by atoms with Crippen LogP contribution in [-0.2, 0) is 14.4 Å². The minimum absolute atomic E-state index is 0.0239. The molecule has 2 aliphatic heterocycles. The fourth-order valence-corrected chi connectivity index (χ4v) is 5.07. The standard InChI is InChI=1S/C17H13F2N7O5S2/c18-5-3-21-4-8(9(5)19)32-7-2-1-6-10(15(28)26(6)12(7)16(29)30)22-14(27)11(24-31)13-23-17(20)33-25-13/h3-4,6,10-11H,1-2H2,(H,22,27)(H,29,30)(H2,20,23,25)/t6?,10-,11?/m0/s1. The van der Waals surface area contributed by atoms with Gasteiger partial charge in [-0.3, -0.25) is 19.5 Å². The predicted molar refractivity (Wildman–Crippen MR) is 109 cm³/mol. The molecule has 2 amide bonds. The van der Waals surface area contributed by atoms with Gasteiger partial charge in [0.25, 0.3) is 11.8 Å². The number of β-lactam (4-membered cyclic amide) rings is 1. The van der Waals surface area contributed by atoms with Crippen LogP contribution in [0.15, 0.2) is 33.1 Å². The molecular formula is C17H13F2N7O5S2. The lowest BCUT2D eigenvalue weighted by Gasteiger charge is -2.50. The SMILES string of the molecule is Nc1nc(C(N=O)C(=O)N[C@@H]2C(=O)N3C(C(=O)O)=C(Sc4cncc(F)c4F)CCC23)ns1. The number of anilines is 1. The van der Waals surface area contributed by atoms with Crippen LogP contribution in [0.5, 0.6) is 0 Å². The summed E-state index contributed by atoms with van der Waals surface area (Å²) in [6.07, 6.45) is 2.07. The summed E-state index contributed by atoms with van der Waals surface area (Å²) >= 11 is 1.43. The molecule has 4 N–H and O–H groups in total. The molecule has 0 saturated carbocycles. The first-order valence-electron chi connectivity index (χ1n) is 9.21. The van der Waals surface area contributed by atoms with Crippen LogP contribution in [0.3, 0.4) is 0 Å². The Morgan fingerprint density at radius 2 is 2.15 bits per heavy atom. The molecule has 4 heterocycles. The van der Waals surface area contributed by atoms with Gasteiger partial charge in [0.15, 0.2) is 22.6 Å². The number of hydrogen-bond donors (Lipinski definition) is 3. The van der Waals surface area contributed by atoms with Crippen LogP contribution < -0.4 is 11.1 Å². The molecule has 2 unspecified atom stereocenters. The molecule has 12 nitrogen and oxygen atoms in total. The number of rotatable bonds is 7. The lowest BCUT2D eigenvalue weighted by molar-refractivity contribution is -0.156. The molecule has 4 rings (SSSR count). The number of nitroso groups, excluding NO2 is 1. The number of amides is 2. The number of carbonyl (C=O) groups excluding carboxylic acids is 2. The van der Waals surface area contributed by atoms with E-state index in [1.807, 2.05) is 0 Å². The summed E-state index contributed by atoms with van der Waals surface area (Å²) < 4.78 is 31.2. The van der Waals surface area contributed by atoms with E-state index in [1.165, 1.54) is 0 Å². The zero-order valence-electron chi connectivity index (χ0n) is 16.3. The lowest BCUT2D eigenvalue weighted by Crippen LogP contribution is -2.71. The smallest absolute Gasteiger partial charge is 0.353 e. The van der Waals surface area contributed by atoms with Crippen LogP contribution in [-0.4, -0.2) is 54.2 Å². The Hall–Kier alpha value is -3.53. The minimum atomic E-state index is -1.63. The summed E-state index contributed by atoms with van der Waals surface area (Å²) in [4.78, 5) is 56.4. The van der Waals surface area contributed by atoms with E-state index in [0.29, 0.717) is 18.0 Å². The Balaban J connectivity index is 1.54. The molecule has 1 saturated heterocycles. The van der Waals surface area contributed by atoms with Gasteiger partial charge in [0, 0.05) is 22.6 Å². The highest BCUT2D eigenvalue weighted by atomic mass is 32.2. The highest BCUT2D eigenvalue weighted by Crippen LogP contribution is 2.43. The molecule has 0 radical (unpaired) electrons. The van der Waals surface area contributed by atoms with Crippen LogP contribution in [0.25, 0.3) is 0 Å². The van der Waals surface area contributed by atoms with E-state index in [4.69, 9.17) is 5.73 Å². The van der Waals surface area contributed by atoms with Gasteiger partial charge in [0.1, 0.15) is 11.7 Å². The molecule has 2 aliphatic rings. The van der Waals surface area contributed by atoms with Crippen molar-refractivity contribution in [2.24, 2.45) is 5.18 Å². The fraction of sp³-hybridized carbons (Fsp3) is 0.294. The molecule has 0 aromatic carbocycles. The Bertz CT molecular complexity index is 1210. The number of carboxylic acid groups (broad SMARTS) is 1. The van der Waals surface area contributed by atoms with Crippen LogP contribution in [0.4, 0.5) is 13.9 Å². The third kappa shape index (κ3) is 4.02. The van der Waals surface area contributed by atoms with Crippen LogP contribution in [0.1, 0.15) is 24.7 Å². The van der Waals surface area contributed by atoms with E-state index in [-0.39, 0.29) is 33.6 Å². The zero-order chi connectivity index (χ0) is 23.9. The molecule has 0 spiro atoms. The lowest BCUT2D eigenvalue weighted by atomic mass is 9.86. The second-order valence-electron chi connectivity index (χ2n) is 6.91. The maximum atomic E-state index is 14.0. The van der Waals surface area contributed by atoms with Crippen LogP contribution in [0.2, 0.25) is 0 Å². The Morgan fingerprint density at radius 3 is 2.79 bits per heavy atom. The number of nitrogen functional groups attached to an aromatic ring is 1. The average Bonchev–Trinajstić information content (AvgIpc) is 3.20. The maximum absolute atomic E-state index is 14.0. The monoisotopic (exact) mass is 497 g/mol. The molecular weight excluding hydrogens is 484 g/mol. The van der Waals surface area contributed by atoms with Crippen molar-refractivity contribution >= 4 is 46.2 Å². The second kappa shape index (κ2) is 8.78. The topological polar surface area (TPSA) is 181 Å². The van der Waals surface area contributed by atoms with Crippen LogP contribution in [0, 0.1) is 16.5 Å².